The van der Waals surface area contributed by atoms with E-state index in [9.17, 15) is 14.4 Å². The zero-order chi connectivity index (χ0) is 59.9. The van der Waals surface area contributed by atoms with Crippen molar-refractivity contribution >= 4 is 17.9 Å². The van der Waals surface area contributed by atoms with Crippen LogP contribution in [-0.4, -0.2) is 37.2 Å². The van der Waals surface area contributed by atoms with Crippen LogP contribution in [0.5, 0.6) is 0 Å². The van der Waals surface area contributed by atoms with Crippen molar-refractivity contribution in [2.24, 2.45) is 0 Å². The highest BCUT2D eigenvalue weighted by molar-refractivity contribution is 5.71. The van der Waals surface area contributed by atoms with Gasteiger partial charge in [-0.3, -0.25) is 14.4 Å². The zero-order valence-electron chi connectivity index (χ0n) is 54.4. The summed E-state index contributed by atoms with van der Waals surface area (Å²) in [5, 5.41) is 0. The van der Waals surface area contributed by atoms with Gasteiger partial charge in [0, 0.05) is 19.3 Å². The number of carbonyl (C=O) groups is 3. The lowest BCUT2D eigenvalue weighted by molar-refractivity contribution is -0.167. The molecule has 6 nitrogen and oxygen atoms in total. The van der Waals surface area contributed by atoms with Gasteiger partial charge in [-0.05, 0) is 109 Å². The van der Waals surface area contributed by atoms with Gasteiger partial charge in [-0.15, -0.1) is 0 Å². The Morgan fingerprint density at radius 3 is 0.735 bits per heavy atom. The predicted molar refractivity (Wildman–Crippen MR) is 362 cm³/mol. The lowest BCUT2D eigenvalue weighted by Gasteiger charge is -2.18. The molecule has 0 radical (unpaired) electrons. The van der Waals surface area contributed by atoms with Crippen LogP contribution in [0.25, 0.3) is 0 Å². The van der Waals surface area contributed by atoms with Crippen LogP contribution in [0.15, 0.2) is 122 Å². The van der Waals surface area contributed by atoms with Crippen LogP contribution in [0, 0.1) is 0 Å². The summed E-state index contributed by atoms with van der Waals surface area (Å²) < 4.78 is 17.0. The molecule has 0 aliphatic heterocycles. The molecule has 1 atom stereocenters. The second-order valence-corrected chi connectivity index (χ2v) is 23.0. The Balaban J connectivity index is 4.20. The molecule has 474 valence electrons. The smallest absolute Gasteiger partial charge is 0.306 e. The highest BCUT2D eigenvalue weighted by atomic mass is 16.6. The van der Waals surface area contributed by atoms with Gasteiger partial charge in [-0.2, -0.15) is 0 Å². The number of hydrogen-bond donors (Lipinski definition) is 0. The number of allylic oxidation sites excluding steroid dienone is 20. The van der Waals surface area contributed by atoms with Crippen LogP contribution in [-0.2, 0) is 28.6 Å². The minimum atomic E-state index is -0.784. The van der Waals surface area contributed by atoms with E-state index in [-0.39, 0.29) is 31.1 Å². The highest BCUT2D eigenvalue weighted by Gasteiger charge is 2.19. The Morgan fingerprint density at radius 1 is 0.253 bits per heavy atom. The molecule has 0 spiro atoms. The summed E-state index contributed by atoms with van der Waals surface area (Å²) in [7, 11) is 0. The van der Waals surface area contributed by atoms with E-state index in [1.54, 1.807) is 0 Å². The highest BCUT2D eigenvalue weighted by Crippen LogP contribution is 2.17. The first-order valence-corrected chi connectivity index (χ1v) is 35.0. The van der Waals surface area contributed by atoms with E-state index in [2.05, 4.69) is 142 Å². The van der Waals surface area contributed by atoms with E-state index in [1.807, 2.05) is 0 Å². The summed E-state index contributed by atoms with van der Waals surface area (Å²) in [6.07, 6.45) is 98.0. The van der Waals surface area contributed by atoms with Gasteiger partial charge in [0.2, 0.25) is 0 Å². The minimum Gasteiger partial charge on any atom is -0.462 e. The van der Waals surface area contributed by atoms with E-state index >= 15 is 0 Å². The van der Waals surface area contributed by atoms with Crippen molar-refractivity contribution in [2.75, 3.05) is 13.2 Å². The molecular weight excluding hydrogens is 1020 g/mol. The molecule has 0 saturated heterocycles. The molecule has 0 heterocycles. The summed E-state index contributed by atoms with van der Waals surface area (Å²) in [6.45, 7) is 6.43. The van der Waals surface area contributed by atoms with E-state index in [0.717, 1.165) is 128 Å². The average Bonchev–Trinajstić information content (AvgIpc) is 3.49. The molecule has 0 bridgehead atoms. The molecule has 6 heteroatoms. The molecule has 83 heavy (non-hydrogen) atoms. The number of ether oxygens (including phenoxy) is 3. The third-order valence-electron chi connectivity index (χ3n) is 15.0. The van der Waals surface area contributed by atoms with Gasteiger partial charge in [0.05, 0.1) is 0 Å². The summed E-state index contributed by atoms with van der Waals surface area (Å²) >= 11 is 0. The second kappa shape index (κ2) is 70.3. The van der Waals surface area contributed by atoms with Crippen LogP contribution >= 0.6 is 0 Å². The summed E-state index contributed by atoms with van der Waals surface area (Å²) in [5.41, 5.74) is 0. The zero-order valence-corrected chi connectivity index (χ0v) is 54.4. The van der Waals surface area contributed by atoms with Crippen LogP contribution in [0.2, 0.25) is 0 Å². The van der Waals surface area contributed by atoms with Crippen molar-refractivity contribution in [1.82, 2.24) is 0 Å². The quantitative estimate of drug-likeness (QED) is 0.0261. The summed E-state index contributed by atoms with van der Waals surface area (Å²) in [5.74, 6) is -0.879. The van der Waals surface area contributed by atoms with Crippen LogP contribution in [0.1, 0.15) is 329 Å². The molecule has 0 rings (SSSR count). The number of esters is 3. The monoisotopic (exact) mass is 1150 g/mol. The maximum atomic E-state index is 12.9. The van der Waals surface area contributed by atoms with E-state index in [1.165, 1.54) is 161 Å². The molecule has 0 aromatic heterocycles. The van der Waals surface area contributed by atoms with E-state index in [4.69, 9.17) is 14.2 Å². The topological polar surface area (TPSA) is 78.9 Å². The average molecular weight is 1150 g/mol. The number of unbranched alkanes of at least 4 members (excludes halogenated alkanes) is 32. The number of hydrogen-bond acceptors (Lipinski definition) is 6. The largest absolute Gasteiger partial charge is 0.462 e. The first-order chi connectivity index (χ1) is 41.0. The Hall–Kier alpha value is -4.19. The fourth-order valence-electron chi connectivity index (χ4n) is 9.79. The molecule has 0 saturated carbocycles. The van der Waals surface area contributed by atoms with Crippen molar-refractivity contribution < 1.29 is 28.6 Å². The lowest BCUT2D eigenvalue weighted by Crippen LogP contribution is -2.30. The standard InChI is InChI=1S/C77H130O6/c1-4-7-10-13-16-19-22-25-27-29-30-31-32-33-34-35-36-37-38-39-40-41-42-43-44-45-46-48-49-52-55-58-61-64-67-70-76(79)82-73-74(72-81-75(78)69-66-63-60-57-54-51-24-21-18-15-12-9-6-3)83-77(80)71-68-65-62-59-56-53-50-47-28-26-23-20-17-14-11-8-5-2/h7-8,10-11,16-17,19-20,25-28,30-31,33-34,36-37,39-40,74H,4-6,9,12-15,18,21-24,29,32,35,38,41-73H2,1-3H3/b10-7-,11-8-,19-16-,20-17-,27-25-,28-26-,31-30-,34-33-,37-36-,40-39-. The first-order valence-electron chi connectivity index (χ1n) is 35.0. The summed E-state index contributed by atoms with van der Waals surface area (Å²) in [4.78, 5) is 38.4. The first kappa shape index (κ1) is 78.8. The van der Waals surface area contributed by atoms with Crippen molar-refractivity contribution in [3.8, 4) is 0 Å². The fraction of sp³-hybridized carbons (Fsp3) is 0.701. The van der Waals surface area contributed by atoms with Gasteiger partial charge >= 0.3 is 17.9 Å². The Bertz CT molecular complexity index is 1700. The van der Waals surface area contributed by atoms with Gasteiger partial charge < -0.3 is 14.2 Å². The van der Waals surface area contributed by atoms with Crippen LogP contribution < -0.4 is 0 Å². The third kappa shape index (κ3) is 68.5. The molecule has 0 aliphatic carbocycles. The van der Waals surface area contributed by atoms with Gasteiger partial charge in [-0.1, -0.05) is 322 Å². The molecule has 1 unspecified atom stereocenters. The number of carbonyl (C=O) groups excluding carboxylic acids is 3. The predicted octanol–water partition coefficient (Wildman–Crippen LogP) is 24.3. The normalized spacial score (nSPS) is 12.9. The Morgan fingerprint density at radius 2 is 0.470 bits per heavy atom. The van der Waals surface area contributed by atoms with Crippen molar-refractivity contribution in [3.63, 3.8) is 0 Å². The summed E-state index contributed by atoms with van der Waals surface area (Å²) in [6, 6.07) is 0. The van der Waals surface area contributed by atoms with Crippen molar-refractivity contribution in [1.29, 1.82) is 0 Å². The number of rotatable bonds is 63. The maximum Gasteiger partial charge on any atom is 0.306 e. The van der Waals surface area contributed by atoms with E-state index < -0.39 is 6.10 Å². The van der Waals surface area contributed by atoms with E-state index in [0.29, 0.717) is 19.3 Å². The fourth-order valence-corrected chi connectivity index (χ4v) is 9.79. The van der Waals surface area contributed by atoms with Gasteiger partial charge in [-0.25, -0.2) is 0 Å². The second-order valence-electron chi connectivity index (χ2n) is 23.0. The molecule has 0 amide bonds. The SMILES string of the molecule is CC/C=C\C/C=C\C/C=C\C/C=C\C/C=C\C/C=C\C/C=C\CCCCCCCCCCCCCCCC(=O)OCC(COC(=O)CCCCCCCCCCCCCCC)OC(=O)CCCCCCCCC/C=C\C/C=C\C/C=C\CC. The van der Waals surface area contributed by atoms with Gasteiger partial charge in [0.25, 0.3) is 0 Å². The molecule has 0 fully saturated rings. The molecule has 0 aromatic carbocycles. The van der Waals surface area contributed by atoms with Crippen LogP contribution in [0.4, 0.5) is 0 Å². The molecule has 0 N–H and O–H groups in total. The van der Waals surface area contributed by atoms with Crippen molar-refractivity contribution in [2.45, 2.75) is 335 Å². The third-order valence-corrected chi connectivity index (χ3v) is 15.0. The minimum absolute atomic E-state index is 0.0794. The van der Waals surface area contributed by atoms with Gasteiger partial charge in [0.1, 0.15) is 13.2 Å². The van der Waals surface area contributed by atoms with Crippen LogP contribution in [0.3, 0.4) is 0 Å². The Kier molecular flexibility index (Phi) is 66.7. The van der Waals surface area contributed by atoms with Crippen molar-refractivity contribution in [3.05, 3.63) is 122 Å². The lowest BCUT2D eigenvalue weighted by atomic mass is 10.0. The maximum absolute atomic E-state index is 12.9. The molecule has 0 aliphatic rings. The Labute approximate surface area is 513 Å². The van der Waals surface area contributed by atoms with Gasteiger partial charge in [0.15, 0.2) is 6.10 Å². The molecule has 0 aromatic rings. The molecular formula is C77H130O6.